The summed E-state index contributed by atoms with van der Waals surface area (Å²) in [4.78, 5) is 0. The molecule has 0 spiro atoms. The topological polar surface area (TPSA) is 0 Å². The number of halogens is 3. The third kappa shape index (κ3) is 9.80. The van der Waals surface area contributed by atoms with E-state index in [4.69, 9.17) is 0 Å². The third-order valence-corrected chi connectivity index (χ3v) is 9.07. The molecule has 3 heteroatoms. The quantitative estimate of drug-likeness (QED) is 0.159. The zero-order chi connectivity index (χ0) is 27.2. The van der Waals surface area contributed by atoms with Gasteiger partial charge in [-0.25, -0.2) is 13.2 Å². The molecular formula is C34H51F3. The first-order valence-electron chi connectivity index (χ1n) is 14.6. The molecule has 2 aliphatic rings. The summed E-state index contributed by atoms with van der Waals surface area (Å²) in [6.07, 6.45) is 21.7. The summed E-state index contributed by atoms with van der Waals surface area (Å²) in [5, 5.41) is 0. The third-order valence-electron chi connectivity index (χ3n) is 9.07. The molecule has 2 unspecified atom stereocenters. The number of hydrogen-bond donors (Lipinski definition) is 0. The molecule has 0 aromatic heterocycles. The van der Waals surface area contributed by atoms with Crippen LogP contribution < -0.4 is 0 Å². The minimum atomic E-state index is -0.635. The van der Waals surface area contributed by atoms with Gasteiger partial charge in [-0.1, -0.05) is 57.2 Å². The SMILES string of the molecule is C=C(CF)/C(C)=C(/C=C(\CF)C1=CCC(C(C)CC)CC1)C/C=C(\CF)C1CCC(CC/C=C/C)CC1. The smallest absolute Gasteiger partial charge is 0.115 e. The molecule has 37 heavy (non-hydrogen) atoms. The molecular weight excluding hydrogens is 465 g/mol. The Morgan fingerprint density at radius 1 is 1.08 bits per heavy atom. The molecule has 0 aromatic rings. The maximum atomic E-state index is 14.3. The van der Waals surface area contributed by atoms with E-state index in [9.17, 15) is 13.2 Å². The van der Waals surface area contributed by atoms with Gasteiger partial charge in [0.05, 0.1) is 0 Å². The zero-order valence-corrected chi connectivity index (χ0v) is 23.9. The number of hydrogen-bond acceptors (Lipinski definition) is 0. The summed E-state index contributed by atoms with van der Waals surface area (Å²) in [6, 6.07) is 0. The van der Waals surface area contributed by atoms with Crippen molar-refractivity contribution in [3.05, 3.63) is 70.4 Å². The maximum absolute atomic E-state index is 14.3. The Bertz CT molecular complexity index is 861. The van der Waals surface area contributed by atoms with Crippen molar-refractivity contribution in [1.82, 2.24) is 0 Å². The largest absolute Gasteiger partial charge is 0.246 e. The lowest BCUT2D eigenvalue weighted by Gasteiger charge is -2.29. The van der Waals surface area contributed by atoms with Crippen molar-refractivity contribution < 1.29 is 13.2 Å². The lowest BCUT2D eigenvalue weighted by Crippen LogP contribution is -2.17. The highest BCUT2D eigenvalue weighted by molar-refractivity contribution is 5.45. The van der Waals surface area contributed by atoms with Gasteiger partial charge in [-0.15, -0.1) is 0 Å². The molecule has 2 aliphatic carbocycles. The molecule has 0 saturated heterocycles. The van der Waals surface area contributed by atoms with Gasteiger partial charge < -0.3 is 0 Å². The van der Waals surface area contributed by atoms with Crippen molar-refractivity contribution in [1.29, 1.82) is 0 Å². The molecule has 0 bridgehead atoms. The fourth-order valence-corrected chi connectivity index (χ4v) is 5.96. The minimum Gasteiger partial charge on any atom is -0.246 e. The maximum Gasteiger partial charge on any atom is 0.115 e. The van der Waals surface area contributed by atoms with Crippen molar-refractivity contribution in [2.45, 2.75) is 98.3 Å². The van der Waals surface area contributed by atoms with Crippen LogP contribution in [0.3, 0.4) is 0 Å². The summed E-state index contributed by atoms with van der Waals surface area (Å²) in [5.74, 6) is 2.34. The normalized spacial score (nSPS) is 25.2. The van der Waals surface area contributed by atoms with E-state index in [1.165, 1.54) is 6.42 Å². The molecule has 1 saturated carbocycles. The van der Waals surface area contributed by atoms with E-state index >= 15 is 0 Å². The Balaban J connectivity index is 2.19. The molecule has 2 rings (SSSR count). The average Bonchev–Trinajstić information content (AvgIpc) is 2.94. The number of rotatable bonds is 14. The Morgan fingerprint density at radius 3 is 2.35 bits per heavy atom. The highest BCUT2D eigenvalue weighted by Gasteiger charge is 2.24. The Kier molecular flexibility index (Phi) is 14.4. The van der Waals surface area contributed by atoms with E-state index in [-0.39, 0.29) is 5.92 Å². The van der Waals surface area contributed by atoms with Crippen LogP contribution in [-0.4, -0.2) is 20.0 Å². The summed E-state index contributed by atoms with van der Waals surface area (Å²) < 4.78 is 41.9. The first-order valence-corrected chi connectivity index (χ1v) is 14.6. The minimum absolute atomic E-state index is 0.275. The highest BCUT2D eigenvalue weighted by atomic mass is 19.1. The van der Waals surface area contributed by atoms with Crippen LogP contribution in [0.4, 0.5) is 13.2 Å². The second-order valence-corrected chi connectivity index (χ2v) is 11.3. The van der Waals surface area contributed by atoms with Crippen molar-refractivity contribution in [3.63, 3.8) is 0 Å². The van der Waals surface area contributed by atoms with Crippen LogP contribution in [0, 0.1) is 23.7 Å². The Morgan fingerprint density at radius 2 is 1.81 bits per heavy atom. The molecule has 0 N–H and O–H groups in total. The van der Waals surface area contributed by atoms with Crippen molar-refractivity contribution in [2.75, 3.05) is 20.0 Å². The highest BCUT2D eigenvalue weighted by Crippen LogP contribution is 2.37. The van der Waals surface area contributed by atoms with E-state index in [0.717, 1.165) is 86.0 Å². The van der Waals surface area contributed by atoms with Crippen LogP contribution in [-0.2, 0) is 0 Å². The van der Waals surface area contributed by atoms with Gasteiger partial charge in [0.25, 0.3) is 0 Å². The second kappa shape index (κ2) is 16.9. The molecule has 0 aliphatic heterocycles. The van der Waals surface area contributed by atoms with Gasteiger partial charge in [-0.2, -0.15) is 0 Å². The zero-order valence-electron chi connectivity index (χ0n) is 23.9. The van der Waals surface area contributed by atoms with Crippen molar-refractivity contribution in [3.8, 4) is 0 Å². The van der Waals surface area contributed by atoms with Gasteiger partial charge >= 0.3 is 0 Å². The average molecular weight is 517 g/mol. The first-order chi connectivity index (χ1) is 17.9. The predicted molar refractivity (Wildman–Crippen MR) is 155 cm³/mol. The van der Waals surface area contributed by atoms with Gasteiger partial charge in [-0.3, -0.25) is 0 Å². The van der Waals surface area contributed by atoms with Gasteiger partial charge in [0, 0.05) is 0 Å². The van der Waals surface area contributed by atoms with Gasteiger partial charge in [0.2, 0.25) is 0 Å². The molecule has 1 fully saturated rings. The molecule has 208 valence electrons. The monoisotopic (exact) mass is 516 g/mol. The summed E-state index contributed by atoms with van der Waals surface area (Å²) in [5.41, 5.74) is 4.63. The van der Waals surface area contributed by atoms with E-state index in [0.29, 0.717) is 29.4 Å². The van der Waals surface area contributed by atoms with Gasteiger partial charge in [0.15, 0.2) is 0 Å². The van der Waals surface area contributed by atoms with E-state index in [2.05, 4.69) is 45.6 Å². The lowest BCUT2D eigenvalue weighted by atomic mass is 9.76. The van der Waals surface area contributed by atoms with E-state index in [1.54, 1.807) is 0 Å². The molecule has 0 heterocycles. The molecule has 0 radical (unpaired) electrons. The van der Waals surface area contributed by atoms with E-state index < -0.39 is 20.0 Å². The van der Waals surface area contributed by atoms with Crippen LogP contribution in [0.2, 0.25) is 0 Å². The fraction of sp³-hybridized carbons (Fsp3) is 0.647. The van der Waals surface area contributed by atoms with Gasteiger partial charge in [-0.05, 0) is 135 Å². The Hall–Kier alpha value is -1.77. The van der Waals surface area contributed by atoms with Crippen LogP contribution in [0.25, 0.3) is 0 Å². The van der Waals surface area contributed by atoms with Crippen LogP contribution >= 0.6 is 0 Å². The first kappa shape index (κ1) is 31.4. The summed E-state index contributed by atoms with van der Waals surface area (Å²) in [6.45, 7) is 10.7. The number of alkyl halides is 3. The standard InChI is InChI=1S/C34H51F3/c1-6-8-9-10-28-11-13-30(14-12-28)33(23-36)20-19-32(27(5)26(4)22-35)21-34(24-37)31-17-15-29(16-18-31)25(3)7-2/h6,8,17,20-21,25,28-30H,4,7,9-16,18-19,22-24H2,1-3,5H3/b8-6+,32-27+,33-20+,34-21+. The molecule has 0 aromatic carbocycles. The van der Waals surface area contributed by atoms with Crippen molar-refractivity contribution >= 4 is 0 Å². The molecule has 0 nitrogen and oxygen atoms in total. The van der Waals surface area contributed by atoms with Crippen LogP contribution in [0.5, 0.6) is 0 Å². The van der Waals surface area contributed by atoms with Crippen LogP contribution in [0.15, 0.2) is 70.4 Å². The summed E-state index contributed by atoms with van der Waals surface area (Å²) >= 11 is 0. The van der Waals surface area contributed by atoms with E-state index in [1.807, 2.05) is 19.1 Å². The lowest BCUT2D eigenvalue weighted by molar-refractivity contribution is 0.280. The predicted octanol–water partition coefficient (Wildman–Crippen LogP) is 10.9. The van der Waals surface area contributed by atoms with Gasteiger partial charge in [0.1, 0.15) is 20.0 Å². The fourth-order valence-electron chi connectivity index (χ4n) is 5.96. The number of allylic oxidation sites excluding steroid dienone is 11. The molecule has 0 amide bonds. The van der Waals surface area contributed by atoms with Crippen molar-refractivity contribution in [2.24, 2.45) is 23.7 Å². The van der Waals surface area contributed by atoms with Crippen LogP contribution in [0.1, 0.15) is 98.3 Å². The summed E-state index contributed by atoms with van der Waals surface area (Å²) in [7, 11) is 0. The second-order valence-electron chi connectivity index (χ2n) is 11.3. The Labute approximate surface area is 225 Å². The molecule has 2 atom stereocenters.